The number of methoxy groups -OCH3 is 1. The second-order valence-corrected chi connectivity index (χ2v) is 7.33. The van der Waals surface area contributed by atoms with Gasteiger partial charge in [0.05, 0.1) is 13.2 Å². The van der Waals surface area contributed by atoms with E-state index in [1.54, 1.807) is 0 Å². The van der Waals surface area contributed by atoms with E-state index in [0.717, 1.165) is 0 Å². The van der Waals surface area contributed by atoms with Crippen LogP contribution in [-0.2, 0) is 10.0 Å². The number of piperidine rings is 1. The third-order valence-electron chi connectivity index (χ3n) is 3.57. The maximum atomic E-state index is 12.7. The van der Waals surface area contributed by atoms with Crippen molar-refractivity contribution >= 4 is 21.6 Å². The summed E-state index contributed by atoms with van der Waals surface area (Å²) in [6, 6.07) is 4.46. The van der Waals surface area contributed by atoms with Crippen LogP contribution < -0.4 is 4.74 Å². The van der Waals surface area contributed by atoms with Crippen molar-refractivity contribution in [1.82, 2.24) is 4.31 Å². The van der Waals surface area contributed by atoms with Gasteiger partial charge in [-0.2, -0.15) is 4.31 Å². The van der Waals surface area contributed by atoms with E-state index >= 15 is 0 Å². The second kappa shape index (κ2) is 5.89. The van der Waals surface area contributed by atoms with E-state index < -0.39 is 16.1 Å². The highest BCUT2D eigenvalue weighted by molar-refractivity contribution is 7.89. The monoisotopic (exact) mass is 319 g/mol. The first kappa shape index (κ1) is 15.6. The second-order valence-electron chi connectivity index (χ2n) is 4.99. The van der Waals surface area contributed by atoms with Gasteiger partial charge in [-0.05, 0) is 24.5 Å². The lowest BCUT2D eigenvalue weighted by atomic mass is 9.99. The molecular weight excluding hydrogens is 302 g/mol. The van der Waals surface area contributed by atoms with Crippen LogP contribution in [0.1, 0.15) is 13.3 Å². The molecule has 1 fully saturated rings. The van der Waals surface area contributed by atoms with Crippen molar-refractivity contribution in [3.63, 3.8) is 0 Å². The Hall–Kier alpha value is -0.820. The summed E-state index contributed by atoms with van der Waals surface area (Å²) >= 11 is 5.85. The molecule has 7 heteroatoms. The van der Waals surface area contributed by atoms with E-state index in [0.29, 0.717) is 24.5 Å². The number of rotatable bonds is 3. The van der Waals surface area contributed by atoms with Gasteiger partial charge >= 0.3 is 0 Å². The molecule has 0 radical (unpaired) electrons. The molecule has 2 rings (SSSR count). The smallest absolute Gasteiger partial charge is 0.246 e. The Morgan fingerprint density at radius 3 is 2.75 bits per heavy atom. The average molecular weight is 320 g/mol. The molecule has 0 spiro atoms. The third kappa shape index (κ3) is 2.93. The molecule has 0 saturated carbocycles. The molecule has 1 N–H and O–H groups in total. The number of nitrogens with zero attached hydrogens (tertiary/aromatic N) is 1. The molecule has 1 saturated heterocycles. The fraction of sp³-hybridized carbons (Fsp3) is 0.538. The van der Waals surface area contributed by atoms with Gasteiger partial charge in [0.2, 0.25) is 10.0 Å². The van der Waals surface area contributed by atoms with Crippen molar-refractivity contribution in [2.24, 2.45) is 5.92 Å². The molecule has 1 aliphatic rings. The van der Waals surface area contributed by atoms with Gasteiger partial charge in [0.25, 0.3) is 0 Å². The van der Waals surface area contributed by atoms with Gasteiger partial charge in [-0.1, -0.05) is 18.5 Å². The van der Waals surface area contributed by atoms with E-state index in [4.69, 9.17) is 16.3 Å². The zero-order valence-corrected chi connectivity index (χ0v) is 13.0. The fourth-order valence-electron chi connectivity index (χ4n) is 2.31. The van der Waals surface area contributed by atoms with Crippen LogP contribution in [0.2, 0.25) is 5.02 Å². The highest BCUT2D eigenvalue weighted by Crippen LogP contribution is 2.31. The molecule has 1 heterocycles. The molecule has 5 nitrogen and oxygen atoms in total. The number of aliphatic hydroxyl groups is 1. The number of sulfonamides is 1. The summed E-state index contributed by atoms with van der Waals surface area (Å²) in [4.78, 5) is 0.105. The highest BCUT2D eigenvalue weighted by atomic mass is 35.5. The Balaban J connectivity index is 2.36. The number of ether oxygens (including phenoxy) is 1. The van der Waals surface area contributed by atoms with Gasteiger partial charge in [0, 0.05) is 24.2 Å². The Morgan fingerprint density at radius 1 is 1.45 bits per heavy atom. The largest absolute Gasteiger partial charge is 0.495 e. The van der Waals surface area contributed by atoms with Gasteiger partial charge in [-0.15, -0.1) is 0 Å². The van der Waals surface area contributed by atoms with E-state index in [1.165, 1.54) is 29.6 Å². The van der Waals surface area contributed by atoms with Crippen LogP contribution in [0.25, 0.3) is 0 Å². The molecule has 0 aliphatic carbocycles. The van der Waals surface area contributed by atoms with Crippen LogP contribution in [-0.4, -0.2) is 44.1 Å². The van der Waals surface area contributed by atoms with Gasteiger partial charge in [0.1, 0.15) is 10.6 Å². The fourth-order valence-corrected chi connectivity index (χ4v) is 4.16. The topological polar surface area (TPSA) is 66.8 Å². The number of hydrogen-bond donors (Lipinski definition) is 1. The molecule has 0 amide bonds. The normalized spacial score (nSPS) is 24.6. The molecule has 1 aromatic carbocycles. The maximum absolute atomic E-state index is 12.7. The Labute approximate surface area is 124 Å². The summed E-state index contributed by atoms with van der Waals surface area (Å²) in [6.45, 7) is 2.44. The SMILES string of the molecule is COc1cc(Cl)ccc1S(=O)(=O)N1CCC(O)C(C)C1. The van der Waals surface area contributed by atoms with Crippen molar-refractivity contribution in [3.8, 4) is 5.75 Å². The maximum Gasteiger partial charge on any atom is 0.246 e. The van der Waals surface area contributed by atoms with Crippen molar-refractivity contribution in [3.05, 3.63) is 23.2 Å². The molecule has 1 aliphatic heterocycles. The molecule has 20 heavy (non-hydrogen) atoms. The van der Waals surface area contributed by atoms with Gasteiger partial charge in [-0.25, -0.2) is 8.42 Å². The zero-order valence-electron chi connectivity index (χ0n) is 11.4. The third-order valence-corrected chi connectivity index (χ3v) is 5.71. The summed E-state index contributed by atoms with van der Waals surface area (Å²) in [6.07, 6.45) is -0.00963. The molecule has 0 bridgehead atoms. The van der Waals surface area contributed by atoms with Gasteiger partial charge < -0.3 is 9.84 Å². The number of aliphatic hydroxyl groups excluding tert-OH is 1. The van der Waals surface area contributed by atoms with Crippen LogP contribution in [0.5, 0.6) is 5.75 Å². The summed E-state index contributed by atoms with van der Waals surface area (Å²) in [5.74, 6) is 0.146. The Morgan fingerprint density at radius 2 is 2.15 bits per heavy atom. The van der Waals surface area contributed by atoms with Crippen LogP contribution in [0.15, 0.2) is 23.1 Å². The molecule has 2 unspecified atom stereocenters. The summed E-state index contributed by atoms with van der Waals surface area (Å²) in [7, 11) is -2.23. The number of hydrogen-bond acceptors (Lipinski definition) is 4. The van der Waals surface area contributed by atoms with Crippen molar-refractivity contribution in [2.75, 3.05) is 20.2 Å². The predicted molar refractivity (Wildman–Crippen MR) is 76.6 cm³/mol. The minimum Gasteiger partial charge on any atom is -0.495 e. The first-order chi connectivity index (χ1) is 9.36. The lowest BCUT2D eigenvalue weighted by Crippen LogP contribution is -2.44. The van der Waals surface area contributed by atoms with Crippen LogP contribution in [0, 0.1) is 5.92 Å². The van der Waals surface area contributed by atoms with Gasteiger partial charge in [-0.3, -0.25) is 0 Å². The van der Waals surface area contributed by atoms with E-state index in [-0.39, 0.29) is 16.6 Å². The minimum atomic E-state index is -3.64. The van der Waals surface area contributed by atoms with Crippen LogP contribution in [0.4, 0.5) is 0 Å². The highest BCUT2D eigenvalue weighted by Gasteiger charge is 2.34. The first-order valence-corrected chi connectivity index (χ1v) is 8.20. The van der Waals surface area contributed by atoms with E-state index in [2.05, 4.69) is 0 Å². The van der Waals surface area contributed by atoms with E-state index in [9.17, 15) is 13.5 Å². The Bertz CT molecular complexity index is 590. The summed E-state index contributed by atoms with van der Waals surface area (Å²) in [5.41, 5.74) is 0. The van der Waals surface area contributed by atoms with Crippen molar-refractivity contribution < 1.29 is 18.3 Å². The van der Waals surface area contributed by atoms with Gasteiger partial charge in [0.15, 0.2) is 0 Å². The standard InChI is InChI=1S/C13H18ClNO4S/c1-9-8-15(6-5-11(9)16)20(17,18)13-4-3-10(14)7-12(13)19-2/h3-4,7,9,11,16H,5-6,8H2,1-2H3. The Kier molecular flexibility index (Phi) is 4.59. The molecule has 1 aromatic rings. The number of benzene rings is 1. The van der Waals surface area contributed by atoms with Crippen LogP contribution >= 0.6 is 11.6 Å². The molecule has 112 valence electrons. The summed E-state index contributed by atoms with van der Waals surface area (Å²) < 4.78 is 31.8. The average Bonchev–Trinajstić information content (AvgIpc) is 2.41. The predicted octanol–water partition coefficient (Wildman–Crippen LogP) is 1.74. The minimum absolute atomic E-state index is 0.0863. The molecule has 0 aromatic heterocycles. The van der Waals surface area contributed by atoms with Crippen molar-refractivity contribution in [1.29, 1.82) is 0 Å². The lowest BCUT2D eigenvalue weighted by molar-refractivity contribution is 0.0628. The number of halogens is 1. The zero-order chi connectivity index (χ0) is 14.9. The summed E-state index contributed by atoms with van der Waals surface area (Å²) in [5, 5.41) is 10.1. The quantitative estimate of drug-likeness (QED) is 0.921. The van der Waals surface area contributed by atoms with E-state index in [1.807, 2.05) is 6.92 Å². The molecular formula is C13H18ClNO4S. The lowest BCUT2D eigenvalue weighted by Gasteiger charge is -2.33. The molecule has 2 atom stereocenters. The first-order valence-electron chi connectivity index (χ1n) is 6.38. The van der Waals surface area contributed by atoms with Crippen molar-refractivity contribution in [2.45, 2.75) is 24.3 Å². The van der Waals surface area contributed by atoms with Crippen LogP contribution in [0.3, 0.4) is 0 Å².